The first-order valence-electron chi connectivity index (χ1n) is 7.01. The van der Waals surface area contributed by atoms with Crippen molar-refractivity contribution >= 4 is 5.96 Å². The lowest BCUT2D eigenvalue weighted by Crippen LogP contribution is -2.36. The predicted octanol–water partition coefficient (Wildman–Crippen LogP) is 1.99. The fourth-order valence-electron chi connectivity index (χ4n) is 1.84. The number of aliphatic imine (C=N–C) groups is 1. The van der Waals surface area contributed by atoms with Crippen LogP contribution in [0.5, 0.6) is 0 Å². The van der Waals surface area contributed by atoms with E-state index in [1.54, 1.807) is 7.05 Å². The molecule has 0 unspecified atom stereocenters. The van der Waals surface area contributed by atoms with E-state index >= 15 is 0 Å². The molecule has 0 aliphatic heterocycles. The van der Waals surface area contributed by atoms with Crippen LogP contribution in [0, 0.1) is 0 Å². The Kier molecular flexibility index (Phi) is 7.43. The third-order valence-corrected chi connectivity index (χ3v) is 3.08. The highest BCUT2D eigenvalue weighted by molar-refractivity contribution is 5.79. The smallest absolute Gasteiger partial charge is 0.191 e. The average Bonchev–Trinajstić information content (AvgIpc) is 2.47. The molecule has 0 radical (unpaired) electrons. The summed E-state index contributed by atoms with van der Waals surface area (Å²) in [6.45, 7) is 9.36. The molecule has 0 aliphatic carbocycles. The Morgan fingerprint density at radius 2 is 2.10 bits per heavy atom. The van der Waals surface area contributed by atoms with Crippen LogP contribution in [0.25, 0.3) is 0 Å². The molecule has 0 atom stereocenters. The summed E-state index contributed by atoms with van der Waals surface area (Å²) in [5.41, 5.74) is 2.59. The maximum atomic E-state index is 4.16. The molecule has 110 valence electrons. The summed E-state index contributed by atoms with van der Waals surface area (Å²) in [5, 5.41) is 6.45. The molecular weight excluding hydrogens is 248 g/mol. The third kappa shape index (κ3) is 5.89. The summed E-state index contributed by atoms with van der Waals surface area (Å²) in [6, 6.07) is 8.64. The van der Waals surface area contributed by atoms with Crippen LogP contribution in [0.4, 0.5) is 0 Å². The minimum atomic E-state index is 0.709. The maximum Gasteiger partial charge on any atom is 0.191 e. The van der Waals surface area contributed by atoms with Gasteiger partial charge in [0, 0.05) is 26.7 Å². The van der Waals surface area contributed by atoms with E-state index in [0.717, 1.165) is 25.6 Å². The summed E-state index contributed by atoms with van der Waals surface area (Å²) >= 11 is 0. The number of nitrogens with zero attached hydrogens (tertiary/aromatic N) is 2. The Morgan fingerprint density at radius 1 is 1.35 bits per heavy atom. The van der Waals surface area contributed by atoms with Crippen molar-refractivity contribution in [1.82, 2.24) is 15.5 Å². The molecule has 1 aromatic carbocycles. The molecular formula is C16H26N4. The zero-order valence-electron chi connectivity index (χ0n) is 12.8. The minimum Gasteiger partial charge on any atom is -0.353 e. The first kappa shape index (κ1) is 16.2. The second-order valence-electron chi connectivity index (χ2n) is 4.75. The van der Waals surface area contributed by atoms with Crippen LogP contribution in [-0.2, 0) is 13.1 Å². The molecule has 2 N–H and O–H groups in total. The average molecular weight is 274 g/mol. The highest BCUT2D eigenvalue weighted by atomic mass is 15.2. The molecule has 0 saturated heterocycles. The van der Waals surface area contributed by atoms with Crippen molar-refractivity contribution in [2.24, 2.45) is 4.99 Å². The van der Waals surface area contributed by atoms with E-state index in [4.69, 9.17) is 0 Å². The first-order valence-corrected chi connectivity index (χ1v) is 7.01. The van der Waals surface area contributed by atoms with Crippen molar-refractivity contribution in [1.29, 1.82) is 0 Å². The largest absolute Gasteiger partial charge is 0.353 e. The third-order valence-electron chi connectivity index (χ3n) is 3.08. The van der Waals surface area contributed by atoms with Gasteiger partial charge in [-0.3, -0.25) is 4.99 Å². The summed E-state index contributed by atoms with van der Waals surface area (Å²) in [6.07, 6.45) is 1.81. The monoisotopic (exact) mass is 274 g/mol. The van der Waals surface area contributed by atoms with Crippen LogP contribution in [0.3, 0.4) is 0 Å². The zero-order chi connectivity index (χ0) is 14.8. The normalized spacial score (nSPS) is 11.5. The molecule has 0 heterocycles. The van der Waals surface area contributed by atoms with Crippen molar-refractivity contribution in [2.75, 3.05) is 27.2 Å². The molecule has 0 amide bonds. The number of benzene rings is 1. The molecule has 1 aromatic rings. The Balaban J connectivity index is 2.55. The van der Waals surface area contributed by atoms with Gasteiger partial charge in [0.15, 0.2) is 5.96 Å². The van der Waals surface area contributed by atoms with Crippen LogP contribution in [-0.4, -0.2) is 38.0 Å². The molecule has 0 aliphatic rings. The Hall–Kier alpha value is -1.81. The van der Waals surface area contributed by atoms with Gasteiger partial charge in [0.05, 0.1) is 0 Å². The van der Waals surface area contributed by atoms with Gasteiger partial charge in [-0.05, 0) is 24.7 Å². The minimum absolute atomic E-state index is 0.709. The lowest BCUT2D eigenvalue weighted by atomic mass is 10.1. The van der Waals surface area contributed by atoms with Crippen LogP contribution >= 0.6 is 0 Å². The number of hydrogen-bond acceptors (Lipinski definition) is 2. The maximum absolute atomic E-state index is 4.16. The molecule has 1 rings (SSSR count). The van der Waals surface area contributed by atoms with Gasteiger partial charge < -0.3 is 15.5 Å². The Labute approximate surface area is 122 Å². The molecule has 20 heavy (non-hydrogen) atoms. The van der Waals surface area contributed by atoms with Gasteiger partial charge in [0.1, 0.15) is 0 Å². The number of rotatable bonds is 7. The summed E-state index contributed by atoms with van der Waals surface area (Å²) in [7, 11) is 3.90. The molecule has 0 fully saturated rings. The van der Waals surface area contributed by atoms with E-state index in [1.807, 2.05) is 6.08 Å². The van der Waals surface area contributed by atoms with Gasteiger partial charge in [-0.25, -0.2) is 0 Å². The van der Waals surface area contributed by atoms with Crippen molar-refractivity contribution < 1.29 is 0 Å². The van der Waals surface area contributed by atoms with Crippen LogP contribution in [0.15, 0.2) is 41.9 Å². The second-order valence-corrected chi connectivity index (χ2v) is 4.75. The highest BCUT2D eigenvalue weighted by Crippen LogP contribution is 2.07. The standard InChI is InChI=1S/C16H26N4/c1-5-10-18-16(17-3)19-12-14-8-7-9-15(11-14)13-20(4)6-2/h5,7-9,11H,1,6,10,12-13H2,2-4H3,(H2,17,18,19). The summed E-state index contributed by atoms with van der Waals surface area (Å²) < 4.78 is 0. The fraction of sp³-hybridized carbons (Fsp3) is 0.438. The fourth-order valence-corrected chi connectivity index (χ4v) is 1.84. The van der Waals surface area contributed by atoms with Gasteiger partial charge in [-0.2, -0.15) is 0 Å². The quantitative estimate of drug-likeness (QED) is 0.454. The molecule has 0 spiro atoms. The molecule has 4 nitrogen and oxygen atoms in total. The van der Waals surface area contributed by atoms with Gasteiger partial charge >= 0.3 is 0 Å². The van der Waals surface area contributed by atoms with Crippen LogP contribution in [0.2, 0.25) is 0 Å². The number of nitrogens with one attached hydrogen (secondary N) is 2. The van der Waals surface area contributed by atoms with Gasteiger partial charge in [0.25, 0.3) is 0 Å². The first-order chi connectivity index (χ1) is 9.69. The second kappa shape index (κ2) is 9.15. The lowest BCUT2D eigenvalue weighted by Gasteiger charge is -2.15. The zero-order valence-corrected chi connectivity index (χ0v) is 12.8. The Morgan fingerprint density at radius 3 is 2.75 bits per heavy atom. The van der Waals surface area contributed by atoms with Crippen molar-refractivity contribution in [3.05, 3.63) is 48.0 Å². The van der Waals surface area contributed by atoms with E-state index in [0.29, 0.717) is 6.54 Å². The summed E-state index contributed by atoms with van der Waals surface area (Å²) in [4.78, 5) is 6.45. The molecule has 0 saturated carbocycles. The van der Waals surface area contributed by atoms with E-state index in [1.165, 1.54) is 11.1 Å². The van der Waals surface area contributed by atoms with Crippen molar-refractivity contribution in [3.63, 3.8) is 0 Å². The van der Waals surface area contributed by atoms with Crippen molar-refractivity contribution in [3.8, 4) is 0 Å². The van der Waals surface area contributed by atoms with Crippen LogP contribution < -0.4 is 10.6 Å². The summed E-state index contributed by atoms with van der Waals surface area (Å²) in [5.74, 6) is 0.793. The molecule has 4 heteroatoms. The van der Waals surface area contributed by atoms with Crippen LogP contribution in [0.1, 0.15) is 18.1 Å². The predicted molar refractivity (Wildman–Crippen MR) is 86.8 cm³/mol. The van der Waals surface area contributed by atoms with Crippen molar-refractivity contribution in [2.45, 2.75) is 20.0 Å². The van der Waals surface area contributed by atoms with Gasteiger partial charge in [0.2, 0.25) is 0 Å². The number of hydrogen-bond donors (Lipinski definition) is 2. The number of guanidine groups is 1. The van der Waals surface area contributed by atoms with Gasteiger partial charge in [-0.15, -0.1) is 6.58 Å². The highest BCUT2D eigenvalue weighted by Gasteiger charge is 2.01. The van der Waals surface area contributed by atoms with E-state index in [2.05, 4.69) is 65.3 Å². The molecule has 0 bridgehead atoms. The SMILES string of the molecule is C=CCNC(=NC)NCc1cccc(CN(C)CC)c1. The topological polar surface area (TPSA) is 39.7 Å². The van der Waals surface area contributed by atoms with Gasteiger partial charge in [-0.1, -0.05) is 37.3 Å². The lowest BCUT2D eigenvalue weighted by molar-refractivity contribution is 0.345. The molecule has 0 aromatic heterocycles. The van der Waals surface area contributed by atoms with E-state index in [-0.39, 0.29) is 0 Å². The van der Waals surface area contributed by atoms with E-state index in [9.17, 15) is 0 Å². The Bertz CT molecular complexity index is 440. The van der Waals surface area contributed by atoms with E-state index < -0.39 is 0 Å².